The lowest BCUT2D eigenvalue weighted by atomic mass is 10.1. The topological polar surface area (TPSA) is 61.4 Å². The van der Waals surface area contributed by atoms with E-state index in [0.717, 1.165) is 11.4 Å². The van der Waals surface area contributed by atoms with E-state index in [4.69, 9.17) is 11.6 Å². The Bertz CT molecular complexity index is 975. The highest BCUT2D eigenvalue weighted by atomic mass is 35.5. The number of anilines is 3. The van der Waals surface area contributed by atoms with Crippen LogP contribution in [0.25, 0.3) is 0 Å². The zero-order chi connectivity index (χ0) is 20.6. The summed E-state index contributed by atoms with van der Waals surface area (Å²) < 4.78 is 0. The molecule has 0 radical (unpaired) electrons. The van der Waals surface area contributed by atoms with Crippen LogP contribution in [0.15, 0.2) is 78.9 Å². The molecule has 0 saturated heterocycles. The maximum Gasteiger partial charge on any atom is 0.258 e. The highest BCUT2D eigenvalue weighted by Gasteiger charge is 2.15. The maximum absolute atomic E-state index is 12.8. The monoisotopic (exact) mass is 407 g/mol. The van der Waals surface area contributed by atoms with Gasteiger partial charge in [-0.1, -0.05) is 35.9 Å². The zero-order valence-corrected chi connectivity index (χ0v) is 16.8. The van der Waals surface area contributed by atoms with Crippen LogP contribution < -0.4 is 15.5 Å². The average molecular weight is 408 g/mol. The molecule has 148 valence electrons. The normalized spacial score (nSPS) is 10.3. The molecule has 0 aliphatic heterocycles. The minimum atomic E-state index is -0.186. The second kappa shape index (κ2) is 9.75. The summed E-state index contributed by atoms with van der Waals surface area (Å²) in [6.45, 7) is 2.62. The van der Waals surface area contributed by atoms with E-state index < -0.39 is 0 Å². The summed E-state index contributed by atoms with van der Waals surface area (Å²) in [6.07, 6.45) is 0. The van der Waals surface area contributed by atoms with Crippen molar-refractivity contribution in [2.75, 3.05) is 28.6 Å². The fourth-order valence-electron chi connectivity index (χ4n) is 2.89. The van der Waals surface area contributed by atoms with Crippen molar-refractivity contribution in [3.63, 3.8) is 0 Å². The van der Waals surface area contributed by atoms with Crippen molar-refractivity contribution in [2.45, 2.75) is 6.92 Å². The van der Waals surface area contributed by atoms with Gasteiger partial charge in [-0.05, 0) is 61.5 Å². The first-order valence-electron chi connectivity index (χ1n) is 9.33. The van der Waals surface area contributed by atoms with Crippen molar-refractivity contribution in [3.8, 4) is 0 Å². The molecule has 2 amide bonds. The Kier molecular flexibility index (Phi) is 6.87. The second-order valence-electron chi connectivity index (χ2n) is 6.37. The fourth-order valence-corrected chi connectivity index (χ4v) is 3.08. The van der Waals surface area contributed by atoms with E-state index in [0.29, 0.717) is 22.8 Å². The van der Waals surface area contributed by atoms with Crippen molar-refractivity contribution in [3.05, 3.63) is 89.4 Å². The van der Waals surface area contributed by atoms with Gasteiger partial charge in [0.2, 0.25) is 5.91 Å². The van der Waals surface area contributed by atoms with Crippen LogP contribution in [-0.4, -0.2) is 24.9 Å². The Labute approximate surface area is 175 Å². The van der Waals surface area contributed by atoms with Crippen LogP contribution in [-0.2, 0) is 4.79 Å². The summed E-state index contributed by atoms with van der Waals surface area (Å²) in [6, 6.07) is 23.6. The summed E-state index contributed by atoms with van der Waals surface area (Å²) >= 11 is 5.92. The quantitative estimate of drug-likeness (QED) is 0.575. The largest absolute Gasteiger partial charge is 0.376 e. The molecule has 0 unspecified atom stereocenters. The van der Waals surface area contributed by atoms with Gasteiger partial charge in [-0.2, -0.15) is 0 Å². The average Bonchev–Trinajstić information content (AvgIpc) is 2.74. The van der Waals surface area contributed by atoms with Crippen molar-refractivity contribution in [1.82, 2.24) is 0 Å². The molecule has 3 aromatic carbocycles. The highest BCUT2D eigenvalue weighted by molar-refractivity contribution is 6.30. The zero-order valence-electron chi connectivity index (χ0n) is 16.1. The third kappa shape index (κ3) is 5.59. The van der Waals surface area contributed by atoms with Gasteiger partial charge < -0.3 is 15.5 Å². The number of hydrogen-bond acceptors (Lipinski definition) is 3. The summed E-state index contributed by atoms with van der Waals surface area (Å²) in [4.78, 5) is 26.6. The third-order valence-corrected chi connectivity index (χ3v) is 4.56. The van der Waals surface area contributed by atoms with Gasteiger partial charge in [0, 0.05) is 34.2 Å². The standard InChI is InChI=1S/C23H22ClN3O2/c1-2-27(21-9-4-3-5-10-21)23(29)17-11-13-19(14-12-17)25-16-22(28)26-20-8-6-7-18(24)15-20/h3-15,25H,2,16H2,1H3,(H,26,28). The Hall–Kier alpha value is -3.31. The van der Waals surface area contributed by atoms with E-state index in [9.17, 15) is 9.59 Å². The maximum atomic E-state index is 12.8. The van der Waals surface area contributed by atoms with E-state index in [-0.39, 0.29) is 18.4 Å². The first kappa shape index (κ1) is 20.4. The molecule has 5 nitrogen and oxygen atoms in total. The van der Waals surface area contributed by atoms with Gasteiger partial charge >= 0.3 is 0 Å². The summed E-state index contributed by atoms with van der Waals surface area (Å²) in [5.41, 5.74) is 2.85. The van der Waals surface area contributed by atoms with Gasteiger partial charge in [-0.25, -0.2) is 0 Å². The number of para-hydroxylation sites is 1. The van der Waals surface area contributed by atoms with Crippen LogP contribution in [0.2, 0.25) is 5.02 Å². The van der Waals surface area contributed by atoms with E-state index in [1.54, 1.807) is 53.4 Å². The van der Waals surface area contributed by atoms with Gasteiger partial charge in [0.25, 0.3) is 5.91 Å². The molecular weight excluding hydrogens is 386 g/mol. The minimum absolute atomic E-state index is 0.0658. The number of halogens is 1. The Balaban J connectivity index is 1.58. The molecule has 3 aromatic rings. The third-order valence-electron chi connectivity index (χ3n) is 4.32. The lowest BCUT2D eigenvalue weighted by Gasteiger charge is -2.21. The molecule has 6 heteroatoms. The predicted molar refractivity (Wildman–Crippen MR) is 119 cm³/mol. The van der Waals surface area contributed by atoms with Crippen LogP contribution in [0.5, 0.6) is 0 Å². The van der Waals surface area contributed by atoms with Gasteiger partial charge in [-0.15, -0.1) is 0 Å². The van der Waals surface area contributed by atoms with Crippen LogP contribution in [0.3, 0.4) is 0 Å². The number of amides is 2. The number of carbonyl (C=O) groups is 2. The first-order valence-corrected chi connectivity index (χ1v) is 9.71. The number of hydrogen-bond donors (Lipinski definition) is 2. The molecule has 29 heavy (non-hydrogen) atoms. The molecule has 0 heterocycles. The van der Waals surface area contributed by atoms with Crippen LogP contribution >= 0.6 is 11.6 Å². The molecular formula is C23H22ClN3O2. The van der Waals surface area contributed by atoms with E-state index >= 15 is 0 Å². The lowest BCUT2D eigenvalue weighted by molar-refractivity contribution is -0.114. The molecule has 0 fully saturated rings. The summed E-state index contributed by atoms with van der Waals surface area (Å²) in [5.74, 6) is -0.252. The van der Waals surface area contributed by atoms with Crippen molar-refractivity contribution in [1.29, 1.82) is 0 Å². The van der Waals surface area contributed by atoms with Crippen LogP contribution in [0.1, 0.15) is 17.3 Å². The Morgan fingerprint density at radius 3 is 2.28 bits per heavy atom. The SMILES string of the molecule is CCN(C(=O)c1ccc(NCC(=O)Nc2cccc(Cl)c2)cc1)c1ccccc1. The predicted octanol–water partition coefficient (Wildman–Crippen LogP) is 5.06. The molecule has 0 bridgehead atoms. The van der Waals surface area contributed by atoms with E-state index in [2.05, 4.69) is 10.6 Å². The lowest BCUT2D eigenvalue weighted by Crippen LogP contribution is -2.30. The van der Waals surface area contributed by atoms with Crippen molar-refractivity contribution >= 4 is 40.5 Å². The van der Waals surface area contributed by atoms with Crippen LogP contribution in [0, 0.1) is 0 Å². The second-order valence-corrected chi connectivity index (χ2v) is 6.81. The molecule has 0 saturated carbocycles. The van der Waals surface area contributed by atoms with Gasteiger partial charge in [0.05, 0.1) is 6.54 Å². The number of rotatable bonds is 7. The number of carbonyl (C=O) groups excluding carboxylic acids is 2. The van der Waals surface area contributed by atoms with E-state index in [1.165, 1.54) is 0 Å². The summed E-state index contributed by atoms with van der Waals surface area (Å²) in [5, 5.41) is 6.39. The molecule has 0 aliphatic carbocycles. The Morgan fingerprint density at radius 2 is 1.62 bits per heavy atom. The molecule has 0 atom stereocenters. The van der Waals surface area contributed by atoms with Crippen molar-refractivity contribution < 1.29 is 9.59 Å². The van der Waals surface area contributed by atoms with Crippen LogP contribution in [0.4, 0.5) is 17.1 Å². The molecule has 3 rings (SSSR count). The highest BCUT2D eigenvalue weighted by Crippen LogP contribution is 2.18. The van der Waals surface area contributed by atoms with Gasteiger partial charge in [0.15, 0.2) is 0 Å². The smallest absolute Gasteiger partial charge is 0.258 e. The van der Waals surface area contributed by atoms with E-state index in [1.807, 2.05) is 37.3 Å². The molecule has 0 aromatic heterocycles. The minimum Gasteiger partial charge on any atom is -0.376 e. The molecule has 0 spiro atoms. The molecule has 0 aliphatic rings. The first-order chi connectivity index (χ1) is 14.1. The van der Waals surface area contributed by atoms with Crippen molar-refractivity contribution in [2.24, 2.45) is 0 Å². The van der Waals surface area contributed by atoms with Gasteiger partial charge in [-0.3, -0.25) is 9.59 Å². The Morgan fingerprint density at radius 1 is 0.897 bits per heavy atom. The number of nitrogens with one attached hydrogen (secondary N) is 2. The number of benzene rings is 3. The molecule has 2 N–H and O–H groups in total. The summed E-state index contributed by atoms with van der Waals surface area (Å²) in [7, 11) is 0. The number of nitrogens with zero attached hydrogens (tertiary/aromatic N) is 1. The fraction of sp³-hybridized carbons (Fsp3) is 0.130. The van der Waals surface area contributed by atoms with Gasteiger partial charge in [0.1, 0.15) is 0 Å².